The minimum atomic E-state index is -0.149. The van der Waals surface area contributed by atoms with Crippen molar-refractivity contribution in [3.05, 3.63) is 24.5 Å². The van der Waals surface area contributed by atoms with Crippen LogP contribution in [0.25, 0.3) is 5.69 Å². The zero-order valence-corrected chi connectivity index (χ0v) is 12.4. The Morgan fingerprint density at radius 1 is 1.36 bits per heavy atom. The maximum absolute atomic E-state index is 11.8. The van der Waals surface area contributed by atoms with E-state index in [1.54, 1.807) is 32.4 Å². The van der Waals surface area contributed by atoms with Gasteiger partial charge in [0.05, 0.1) is 20.3 Å². The molecular formula is C13H18N6O3. The van der Waals surface area contributed by atoms with Crippen LogP contribution in [-0.2, 0) is 9.53 Å². The van der Waals surface area contributed by atoms with E-state index in [4.69, 9.17) is 9.47 Å². The van der Waals surface area contributed by atoms with Crippen LogP contribution >= 0.6 is 0 Å². The predicted octanol–water partition coefficient (Wildman–Crippen LogP) is -0.155. The van der Waals surface area contributed by atoms with E-state index in [1.807, 2.05) is 0 Å². The molecule has 2 aromatic rings. The summed E-state index contributed by atoms with van der Waals surface area (Å²) >= 11 is 0. The minimum absolute atomic E-state index is 0.149. The van der Waals surface area contributed by atoms with Crippen molar-refractivity contribution >= 4 is 11.6 Å². The van der Waals surface area contributed by atoms with Crippen molar-refractivity contribution in [3.63, 3.8) is 0 Å². The standard InChI is InChI=1S/C13H18N6O3/c1-21-6-5-14-8-13(20)16-10-3-4-12(22-2)11(7-10)19-9-15-17-18-19/h3-4,7,9,14H,5-6,8H2,1-2H3,(H,16,20). The van der Waals surface area contributed by atoms with Gasteiger partial charge >= 0.3 is 0 Å². The first-order valence-corrected chi connectivity index (χ1v) is 6.65. The zero-order valence-electron chi connectivity index (χ0n) is 12.4. The number of ether oxygens (including phenoxy) is 2. The molecule has 2 rings (SSSR count). The number of nitrogens with one attached hydrogen (secondary N) is 2. The molecule has 0 radical (unpaired) electrons. The highest BCUT2D eigenvalue weighted by atomic mass is 16.5. The number of anilines is 1. The number of nitrogens with zero attached hydrogens (tertiary/aromatic N) is 4. The van der Waals surface area contributed by atoms with Gasteiger partial charge in [0.25, 0.3) is 0 Å². The topological polar surface area (TPSA) is 103 Å². The second-order valence-electron chi connectivity index (χ2n) is 4.36. The highest BCUT2D eigenvalue weighted by Gasteiger charge is 2.09. The second-order valence-corrected chi connectivity index (χ2v) is 4.36. The number of tetrazole rings is 1. The molecule has 1 amide bonds. The molecule has 0 fully saturated rings. The third-order valence-electron chi connectivity index (χ3n) is 2.83. The lowest BCUT2D eigenvalue weighted by Gasteiger charge is -2.11. The number of amides is 1. The molecule has 9 nitrogen and oxygen atoms in total. The van der Waals surface area contributed by atoms with Crippen LogP contribution in [0.1, 0.15) is 0 Å². The maximum Gasteiger partial charge on any atom is 0.238 e. The van der Waals surface area contributed by atoms with Crippen molar-refractivity contribution in [1.29, 1.82) is 0 Å². The van der Waals surface area contributed by atoms with Gasteiger partial charge in [-0.3, -0.25) is 4.79 Å². The Bertz CT molecular complexity index is 602. The molecule has 1 aromatic heterocycles. The van der Waals surface area contributed by atoms with Crippen molar-refractivity contribution in [2.45, 2.75) is 0 Å². The zero-order chi connectivity index (χ0) is 15.8. The van der Waals surface area contributed by atoms with E-state index in [1.165, 1.54) is 11.0 Å². The number of carbonyl (C=O) groups excluding carboxylic acids is 1. The summed E-state index contributed by atoms with van der Waals surface area (Å²) in [5.74, 6) is 0.451. The van der Waals surface area contributed by atoms with Gasteiger partial charge in [0.15, 0.2) is 0 Å². The molecular weight excluding hydrogens is 288 g/mol. The third-order valence-corrected chi connectivity index (χ3v) is 2.83. The monoisotopic (exact) mass is 306 g/mol. The lowest BCUT2D eigenvalue weighted by atomic mass is 10.2. The predicted molar refractivity (Wildman–Crippen MR) is 79.1 cm³/mol. The summed E-state index contributed by atoms with van der Waals surface area (Å²) in [5, 5.41) is 16.8. The van der Waals surface area contributed by atoms with Crippen molar-refractivity contribution < 1.29 is 14.3 Å². The van der Waals surface area contributed by atoms with Crippen LogP contribution < -0.4 is 15.4 Å². The smallest absolute Gasteiger partial charge is 0.238 e. The Hall–Kier alpha value is -2.52. The van der Waals surface area contributed by atoms with Crippen molar-refractivity contribution in [2.75, 3.05) is 39.2 Å². The molecule has 22 heavy (non-hydrogen) atoms. The molecule has 0 unspecified atom stereocenters. The van der Waals surface area contributed by atoms with Crippen LogP contribution in [0.2, 0.25) is 0 Å². The molecule has 1 heterocycles. The van der Waals surface area contributed by atoms with E-state index in [-0.39, 0.29) is 12.5 Å². The fraction of sp³-hybridized carbons (Fsp3) is 0.385. The van der Waals surface area contributed by atoms with Crippen LogP contribution in [0.3, 0.4) is 0 Å². The molecule has 0 atom stereocenters. The fourth-order valence-corrected chi connectivity index (χ4v) is 1.80. The Balaban J connectivity index is 2.03. The van der Waals surface area contributed by atoms with E-state index < -0.39 is 0 Å². The molecule has 1 aromatic carbocycles. The van der Waals surface area contributed by atoms with E-state index in [9.17, 15) is 4.79 Å². The first kappa shape index (κ1) is 15.9. The van der Waals surface area contributed by atoms with Gasteiger partial charge in [-0.25, -0.2) is 0 Å². The fourth-order valence-electron chi connectivity index (χ4n) is 1.80. The molecule has 0 aliphatic rings. The van der Waals surface area contributed by atoms with Gasteiger partial charge in [-0.2, -0.15) is 4.68 Å². The summed E-state index contributed by atoms with van der Waals surface area (Å²) in [4.78, 5) is 11.8. The van der Waals surface area contributed by atoms with Gasteiger partial charge in [-0.05, 0) is 28.6 Å². The number of hydrogen-bond donors (Lipinski definition) is 2. The van der Waals surface area contributed by atoms with Crippen LogP contribution in [0.15, 0.2) is 24.5 Å². The van der Waals surface area contributed by atoms with E-state index in [2.05, 4.69) is 26.2 Å². The van der Waals surface area contributed by atoms with Gasteiger partial charge in [-0.1, -0.05) is 0 Å². The summed E-state index contributed by atoms with van der Waals surface area (Å²) in [6.07, 6.45) is 1.45. The van der Waals surface area contributed by atoms with Crippen LogP contribution in [-0.4, -0.2) is 60.0 Å². The summed E-state index contributed by atoms with van der Waals surface area (Å²) in [6, 6.07) is 5.23. The van der Waals surface area contributed by atoms with Gasteiger partial charge in [0.2, 0.25) is 5.91 Å². The van der Waals surface area contributed by atoms with Crippen molar-refractivity contribution in [3.8, 4) is 11.4 Å². The highest BCUT2D eigenvalue weighted by molar-refractivity contribution is 5.92. The summed E-state index contributed by atoms with van der Waals surface area (Å²) < 4.78 is 11.6. The van der Waals surface area contributed by atoms with Crippen LogP contribution in [0.4, 0.5) is 5.69 Å². The van der Waals surface area contributed by atoms with Gasteiger partial charge in [0, 0.05) is 19.3 Å². The summed E-state index contributed by atoms with van der Waals surface area (Å²) in [6.45, 7) is 1.37. The number of rotatable bonds is 8. The highest BCUT2D eigenvalue weighted by Crippen LogP contribution is 2.25. The largest absolute Gasteiger partial charge is 0.494 e. The first-order chi connectivity index (χ1) is 10.7. The molecule has 2 N–H and O–H groups in total. The second kappa shape index (κ2) is 8.05. The number of benzene rings is 1. The Morgan fingerprint density at radius 2 is 2.23 bits per heavy atom. The quantitative estimate of drug-likeness (QED) is 0.653. The summed E-state index contributed by atoms with van der Waals surface area (Å²) in [5.41, 5.74) is 1.27. The molecule has 0 spiro atoms. The lowest BCUT2D eigenvalue weighted by Crippen LogP contribution is -2.30. The summed E-state index contributed by atoms with van der Waals surface area (Å²) in [7, 11) is 3.17. The van der Waals surface area contributed by atoms with Crippen LogP contribution in [0, 0.1) is 0 Å². The number of methoxy groups -OCH3 is 2. The molecule has 0 aliphatic heterocycles. The molecule has 0 aliphatic carbocycles. The number of hydrogen-bond acceptors (Lipinski definition) is 7. The average molecular weight is 306 g/mol. The lowest BCUT2D eigenvalue weighted by molar-refractivity contribution is -0.115. The Kier molecular flexibility index (Phi) is 5.81. The third kappa shape index (κ3) is 4.24. The first-order valence-electron chi connectivity index (χ1n) is 6.65. The van der Waals surface area contributed by atoms with Gasteiger partial charge < -0.3 is 20.1 Å². The number of carbonyl (C=O) groups is 1. The van der Waals surface area contributed by atoms with Gasteiger partial charge in [-0.15, -0.1) is 5.10 Å². The van der Waals surface area contributed by atoms with E-state index in [0.717, 1.165) is 0 Å². The molecule has 118 valence electrons. The van der Waals surface area contributed by atoms with Crippen LogP contribution in [0.5, 0.6) is 5.75 Å². The van der Waals surface area contributed by atoms with Crippen molar-refractivity contribution in [2.24, 2.45) is 0 Å². The van der Waals surface area contributed by atoms with Gasteiger partial charge in [0.1, 0.15) is 17.8 Å². The van der Waals surface area contributed by atoms with E-state index in [0.29, 0.717) is 30.3 Å². The molecule has 9 heteroatoms. The number of aromatic nitrogens is 4. The minimum Gasteiger partial charge on any atom is -0.494 e. The molecule has 0 saturated carbocycles. The normalized spacial score (nSPS) is 10.5. The van der Waals surface area contributed by atoms with Crippen molar-refractivity contribution in [1.82, 2.24) is 25.5 Å². The Labute approximate surface area is 127 Å². The SMILES string of the molecule is COCCNCC(=O)Nc1ccc(OC)c(-n2cnnn2)c1. The molecule has 0 saturated heterocycles. The maximum atomic E-state index is 11.8. The average Bonchev–Trinajstić information content (AvgIpc) is 3.06. The van der Waals surface area contributed by atoms with E-state index >= 15 is 0 Å². The molecule has 0 bridgehead atoms. The Morgan fingerprint density at radius 3 is 2.91 bits per heavy atom.